The molecule has 4 rings (SSSR count). The minimum Gasteiger partial charge on any atom is -0.496 e. The number of carbonyl (C=O) groups excluding carboxylic acids is 3. The second-order valence-electron chi connectivity index (χ2n) is 9.24. The smallest absolute Gasteiger partial charge is 0.237 e. The molecule has 0 amide bonds. The highest BCUT2D eigenvalue weighted by Gasteiger charge is 2.63. The molecule has 2 aliphatic heterocycles. The number of piperazine rings is 1. The molecule has 0 bridgehead atoms. The number of methoxy groups -OCH3 is 2. The summed E-state index contributed by atoms with van der Waals surface area (Å²) in [4.78, 5) is 44.7. The maximum absolute atomic E-state index is 13.7. The summed E-state index contributed by atoms with van der Waals surface area (Å²) in [5, 5.41) is 12.2. The molecule has 11 heteroatoms. The fourth-order valence-corrected chi connectivity index (χ4v) is 5.34. The normalized spacial score (nSPS) is 25.9. The molecule has 10 nitrogen and oxygen atoms in total. The number of benzene rings is 1. The van der Waals surface area contributed by atoms with Gasteiger partial charge >= 0.3 is 0 Å². The topological polar surface area (TPSA) is 118 Å². The summed E-state index contributed by atoms with van der Waals surface area (Å²) in [5.74, 6) is -1.83. The fourth-order valence-electron chi connectivity index (χ4n) is 5.08. The fraction of sp³-hybridized carbons (Fsp3) is 0.560. The number of aliphatic hydroxyl groups excluding tert-OH is 1. The van der Waals surface area contributed by atoms with Gasteiger partial charge in [-0.1, -0.05) is 18.5 Å². The van der Waals surface area contributed by atoms with Gasteiger partial charge in [0.1, 0.15) is 22.1 Å². The number of Topliss-reactive ketones (excluding diaryl/α,β-unsaturated/α-hetero) is 3. The van der Waals surface area contributed by atoms with Gasteiger partial charge in [0.25, 0.3) is 0 Å². The summed E-state index contributed by atoms with van der Waals surface area (Å²) >= 11 is 6.43. The summed E-state index contributed by atoms with van der Waals surface area (Å²) in [6, 6.07) is 1.48. The molecule has 1 saturated heterocycles. The van der Waals surface area contributed by atoms with Gasteiger partial charge in [-0.15, -0.1) is 0 Å². The first-order valence-electron chi connectivity index (χ1n) is 12.0. The molecule has 1 aromatic carbocycles. The molecule has 2 fully saturated rings. The monoisotopic (exact) mass is 521 g/mol. The molecule has 3 aliphatic rings. The number of rotatable bonds is 8. The first kappa shape index (κ1) is 26.4. The average molecular weight is 522 g/mol. The Bertz CT molecular complexity index is 1080. The van der Waals surface area contributed by atoms with E-state index in [-0.39, 0.29) is 52.2 Å². The van der Waals surface area contributed by atoms with Crippen LogP contribution in [0.2, 0.25) is 5.02 Å². The predicted octanol–water partition coefficient (Wildman–Crippen LogP) is 0.933. The Hall–Kier alpha value is -2.66. The zero-order valence-electron chi connectivity index (χ0n) is 20.8. The molecular formula is C25H32ClN3O7. The third-order valence-corrected chi connectivity index (χ3v) is 7.54. The lowest BCUT2D eigenvalue weighted by Crippen LogP contribution is -2.58. The first-order chi connectivity index (χ1) is 17.3. The summed E-state index contributed by atoms with van der Waals surface area (Å²) in [5.41, 5.74) is -1.91. The Kier molecular flexibility index (Phi) is 7.89. The third kappa shape index (κ3) is 4.47. The van der Waals surface area contributed by atoms with Crippen LogP contribution in [0.5, 0.6) is 17.2 Å². The molecule has 1 spiro atoms. The van der Waals surface area contributed by atoms with Crippen molar-refractivity contribution in [2.24, 2.45) is 5.92 Å². The third-order valence-electron chi connectivity index (χ3n) is 7.19. The highest BCUT2D eigenvalue weighted by molar-refractivity contribution is 6.38. The van der Waals surface area contributed by atoms with E-state index in [0.717, 1.165) is 32.7 Å². The number of ether oxygens (including phenoxy) is 3. The number of β-amino-alcohol motifs (C(OH)–C–C–N with tert-alkyl or cyclic N) is 1. The number of fused-ring (bicyclic) bond motifs is 1. The predicted molar refractivity (Wildman–Crippen MR) is 132 cm³/mol. The van der Waals surface area contributed by atoms with Gasteiger partial charge in [-0.3, -0.25) is 24.2 Å². The molecule has 2 N–H and O–H groups in total. The lowest BCUT2D eigenvalue weighted by molar-refractivity contribution is -0.136. The van der Waals surface area contributed by atoms with Crippen molar-refractivity contribution in [3.8, 4) is 17.2 Å². The second kappa shape index (κ2) is 10.8. The van der Waals surface area contributed by atoms with E-state index in [4.69, 9.17) is 30.9 Å². The molecule has 36 heavy (non-hydrogen) atoms. The average Bonchev–Trinajstić information content (AvgIpc) is 3.18. The number of aliphatic hydroxyl groups is 1. The molecular weight excluding hydrogens is 490 g/mol. The number of ketones is 3. The molecule has 196 valence electrons. The van der Waals surface area contributed by atoms with Crippen LogP contribution in [-0.2, 0) is 9.59 Å². The Labute approximate surface area is 215 Å². The largest absolute Gasteiger partial charge is 0.496 e. The minimum absolute atomic E-state index is 0.0249. The summed E-state index contributed by atoms with van der Waals surface area (Å²) < 4.78 is 16.7. The highest BCUT2D eigenvalue weighted by Crippen LogP contribution is 2.53. The van der Waals surface area contributed by atoms with Crippen molar-refractivity contribution in [1.82, 2.24) is 15.1 Å². The quantitative estimate of drug-likeness (QED) is 0.221. The molecule has 0 aromatic heterocycles. The Morgan fingerprint density at radius 1 is 1.11 bits per heavy atom. The van der Waals surface area contributed by atoms with Gasteiger partial charge in [-0.25, -0.2) is 0 Å². The maximum Gasteiger partial charge on any atom is 0.237 e. The van der Waals surface area contributed by atoms with Crippen molar-refractivity contribution in [1.29, 1.82) is 0 Å². The summed E-state index contributed by atoms with van der Waals surface area (Å²) in [7, 11) is 2.83. The Morgan fingerprint density at radius 2 is 1.75 bits per heavy atom. The van der Waals surface area contributed by atoms with Crippen LogP contribution in [0.1, 0.15) is 23.7 Å². The molecule has 1 aromatic rings. The van der Waals surface area contributed by atoms with E-state index in [2.05, 4.69) is 15.1 Å². The van der Waals surface area contributed by atoms with Crippen LogP contribution >= 0.6 is 11.6 Å². The van der Waals surface area contributed by atoms with Crippen LogP contribution < -0.4 is 19.5 Å². The number of carbonyl (C=O) groups is 3. The Morgan fingerprint density at radius 3 is 2.36 bits per heavy atom. The molecule has 2 atom stereocenters. The number of hydrogen-bond donors (Lipinski definition) is 2. The first-order valence-corrected chi connectivity index (χ1v) is 12.4. The van der Waals surface area contributed by atoms with E-state index in [1.165, 1.54) is 26.5 Å². The number of nitrogens with one attached hydrogen (secondary N) is 1. The molecule has 2 heterocycles. The molecule has 0 radical (unpaired) electrons. The van der Waals surface area contributed by atoms with Gasteiger partial charge in [-0.2, -0.15) is 0 Å². The molecule has 1 saturated carbocycles. The van der Waals surface area contributed by atoms with Gasteiger partial charge in [0.15, 0.2) is 11.5 Å². The van der Waals surface area contributed by atoms with Crippen LogP contribution in [0.25, 0.3) is 0 Å². The van der Waals surface area contributed by atoms with Crippen molar-refractivity contribution in [3.05, 3.63) is 28.4 Å². The van der Waals surface area contributed by atoms with Crippen molar-refractivity contribution < 1.29 is 33.7 Å². The highest BCUT2D eigenvalue weighted by atomic mass is 35.5. The van der Waals surface area contributed by atoms with E-state index in [1.807, 2.05) is 0 Å². The van der Waals surface area contributed by atoms with Gasteiger partial charge in [0, 0.05) is 70.4 Å². The van der Waals surface area contributed by atoms with E-state index in [0.29, 0.717) is 13.1 Å². The van der Waals surface area contributed by atoms with Crippen LogP contribution in [0.15, 0.2) is 17.8 Å². The van der Waals surface area contributed by atoms with Crippen LogP contribution in [0.4, 0.5) is 0 Å². The van der Waals surface area contributed by atoms with E-state index in [9.17, 15) is 14.4 Å². The van der Waals surface area contributed by atoms with Crippen molar-refractivity contribution >= 4 is 29.0 Å². The summed E-state index contributed by atoms with van der Waals surface area (Å²) in [6.07, 6.45) is 1.38. The second-order valence-corrected chi connectivity index (χ2v) is 9.62. The maximum atomic E-state index is 13.7. The Balaban J connectivity index is 1.50. The number of halogens is 1. The van der Waals surface area contributed by atoms with Gasteiger partial charge in [0.2, 0.25) is 17.2 Å². The minimum atomic E-state index is -1.89. The zero-order chi connectivity index (χ0) is 26.0. The van der Waals surface area contributed by atoms with E-state index >= 15 is 0 Å². The van der Waals surface area contributed by atoms with Gasteiger partial charge in [0.05, 0.1) is 26.4 Å². The van der Waals surface area contributed by atoms with E-state index < -0.39 is 23.1 Å². The number of nitrogens with zero attached hydrogens (tertiary/aromatic N) is 2. The standard InChI is InChI=1S/C25H32ClN3O7/c1-15-12-17(31)16(14-27-4-5-28-6-8-29(9-7-28)10-11-30)23(32)25(15)24(33)20-18(34-2)13-19(35-3)21(26)22(20)36-25/h13-15,27,30H,4-12H2,1-3H3/b16-14-/t15-,25+/m1/s1. The van der Waals surface area contributed by atoms with Gasteiger partial charge in [-0.05, 0) is 0 Å². The van der Waals surface area contributed by atoms with Crippen LogP contribution in [0, 0.1) is 5.92 Å². The van der Waals surface area contributed by atoms with Crippen LogP contribution in [-0.4, -0.2) is 104 Å². The zero-order valence-corrected chi connectivity index (χ0v) is 21.5. The van der Waals surface area contributed by atoms with Crippen molar-refractivity contribution in [2.45, 2.75) is 18.9 Å². The van der Waals surface area contributed by atoms with Gasteiger partial charge < -0.3 is 24.6 Å². The molecule has 1 aliphatic carbocycles. The molecule has 0 unspecified atom stereocenters. The number of hydrogen-bond acceptors (Lipinski definition) is 10. The van der Waals surface area contributed by atoms with Crippen LogP contribution in [0.3, 0.4) is 0 Å². The summed E-state index contributed by atoms with van der Waals surface area (Å²) in [6.45, 7) is 7.27. The van der Waals surface area contributed by atoms with Crippen molar-refractivity contribution in [3.63, 3.8) is 0 Å². The van der Waals surface area contributed by atoms with E-state index in [1.54, 1.807) is 6.92 Å². The lowest BCUT2D eigenvalue weighted by Gasteiger charge is -2.36. The SMILES string of the molecule is COc1cc(OC)c2c(c1Cl)O[C@@]1(C(=O)/C(=C\NCCN3CCN(CCO)CC3)C(=O)C[C@H]1C)C2=O. The lowest BCUT2D eigenvalue weighted by atomic mass is 9.70. The van der Waals surface area contributed by atoms with Crippen molar-refractivity contribution in [2.75, 3.05) is 66.6 Å².